The Labute approximate surface area is 123 Å². The van der Waals surface area contributed by atoms with Crippen LogP contribution in [-0.2, 0) is 0 Å². The van der Waals surface area contributed by atoms with Gasteiger partial charge in [-0.25, -0.2) is 9.97 Å². The number of halogens is 3. The smallest absolute Gasteiger partial charge is 0.368 e. The van der Waals surface area contributed by atoms with Crippen molar-refractivity contribution in [3.63, 3.8) is 0 Å². The highest BCUT2D eigenvalue weighted by molar-refractivity contribution is 6.00. The number of nitrogen functional groups attached to an aromatic ring is 1. The molecule has 1 aliphatic heterocycles. The summed E-state index contributed by atoms with van der Waals surface area (Å²) in [5, 5.41) is 2.53. The summed E-state index contributed by atoms with van der Waals surface area (Å²) in [6.07, 6.45) is -3.98. The number of fused-ring (bicyclic) bond motifs is 1. The molecular weight excluding hydrogens is 299 g/mol. The van der Waals surface area contributed by atoms with E-state index < -0.39 is 24.5 Å². The van der Waals surface area contributed by atoms with E-state index in [2.05, 4.69) is 20.3 Å². The Morgan fingerprint density at radius 2 is 2.14 bits per heavy atom. The van der Waals surface area contributed by atoms with Gasteiger partial charge in [0.2, 0.25) is 5.95 Å². The van der Waals surface area contributed by atoms with Gasteiger partial charge in [0.05, 0.1) is 28.7 Å². The van der Waals surface area contributed by atoms with Gasteiger partial charge in [0.25, 0.3) is 5.91 Å². The van der Waals surface area contributed by atoms with Crippen LogP contribution in [0.1, 0.15) is 34.9 Å². The van der Waals surface area contributed by atoms with Gasteiger partial charge in [-0.05, 0) is 18.6 Å². The minimum atomic E-state index is -4.26. The second kappa shape index (κ2) is 5.00. The summed E-state index contributed by atoms with van der Waals surface area (Å²) in [6, 6.07) is 2.47. The lowest BCUT2D eigenvalue weighted by Gasteiger charge is -2.12. The SMILES string of the molecule is Nc1nccc(-c2cc3c([nH]2)C(CCC(F)(F)F)NC3=O)n1. The molecule has 22 heavy (non-hydrogen) atoms. The Balaban J connectivity index is 1.88. The third-order valence-electron chi connectivity index (χ3n) is 3.41. The van der Waals surface area contributed by atoms with E-state index >= 15 is 0 Å². The van der Waals surface area contributed by atoms with Crippen LogP contribution < -0.4 is 11.1 Å². The average molecular weight is 311 g/mol. The van der Waals surface area contributed by atoms with Crippen molar-refractivity contribution < 1.29 is 18.0 Å². The number of rotatable bonds is 3. The molecule has 1 amide bonds. The highest BCUT2D eigenvalue weighted by atomic mass is 19.4. The van der Waals surface area contributed by atoms with Crippen molar-refractivity contribution in [1.29, 1.82) is 0 Å². The summed E-state index contributed by atoms with van der Waals surface area (Å²) in [4.78, 5) is 22.6. The summed E-state index contributed by atoms with van der Waals surface area (Å²) in [5.41, 5.74) is 7.27. The monoisotopic (exact) mass is 311 g/mol. The van der Waals surface area contributed by atoms with Crippen LogP contribution in [0.4, 0.5) is 19.1 Å². The second-order valence-electron chi connectivity index (χ2n) is 4.99. The molecule has 2 aromatic rings. The van der Waals surface area contributed by atoms with Crippen molar-refractivity contribution in [2.24, 2.45) is 0 Å². The first kappa shape index (κ1) is 14.4. The fraction of sp³-hybridized carbons (Fsp3) is 0.308. The fourth-order valence-corrected chi connectivity index (χ4v) is 2.43. The highest BCUT2D eigenvalue weighted by Crippen LogP contribution is 2.34. The Bertz CT molecular complexity index is 725. The number of H-pyrrole nitrogens is 1. The molecular formula is C13H12F3N5O. The Morgan fingerprint density at radius 3 is 2.82 bits per heavy atom. The number of aromatic amines is 1. The maximum absolute atomic E-state index is 12.3. The van der Waals surface area contributed by atoms with E-state index in [-0.39, 0.29) is 12.4 Å². The lowest BCUT2D eigenvalue weighted by Crippen LogP contribution is -2.21. The molecule has 6 nitrogen and oxygen atoms in total. The molecule has 9 heteroatoms. The van der Waals surface area contributed by atoms with Crippen molar-refractivity contribution in [2.45, 2.75) is 25.1 Å². The molecule has 0 saturated heterocycles. The van der Waals surface area contributed by atoms with Gasteiger partial charge in [-0.2, -0.15) is 13.2 Å². The molecule has 0 aromatic carbocycles. The van der Waals surface area contributed by atoms with E-state index in [4.69, 9.17) is 5.73 Å². The third kappa shape index (κ3) is 2.74. The molecule has 0 radical (unpaired) electrons. The van der Waals surface area contributed by atoms with Crippen molar-refractivity contribution >= 4 is 11.9 Å². The van der Waals surface area contributed by atoms with Crippen LogP contribution in [0.3, 0.4) is 0 Å². The van der Waals surface area contributed by atoms with E-state index in [1.165, 1.54) is 6.20 Å². The van der Waals surface area contributed by atoms with Crippen molar-refractivity contribution in [1.82, 2.24) is 20.3 Å². The maximum atomic E-state index is 12.3. The minimum Gasteiger partial charge on any atom is -0.368 e. The zero-order chi connectivity index (χ0) is 15.9. The van der Waals surface area contributed by atoms with E-state index in [0.29, 0.717) is 22.6 Å². The molecule has 1 unspecified atom stereocenters. The summed E-state index contributed by atoms with van der Waals surface area (Å²) >= 11 is 0. The zero-order valence-electron chi connectivity index (χ0n) is 11.2. The largest absolute Gasteiger partial charge is 0.389 e. The van der Waals surface area contributed by atoms with Gasteiger partial charge in [0.15, 0.2) is 0 Å². The molecule has 4 N–H and O–H groups in total. The molecule has 0 spiro atoms. The minimum absolute atomic E-state index is 0.0744. The first-order chi connectivity index (χ1) is 10.3. The Morgan fingerprint density at radius 1 is 1.36 bits per heavy atom. The number of hydrogen-bond acceptors (Lipinski definition) is 4. The number of aromatic nitrogens is 3. The molecule has 116 valence electrons. The van der Waals surface area contributed by atoms with E-state index in [0.717, 1.165) is 0 Å². The van der Waals surface area contributed by atoms with Crippen LogP contribution in [0, 0.1) is 0 Å². The summed E-state index contributed by atoms with van der Waals surface area (Å²) < 4.78 is 37.0. The maximum Gasteiger partial charge on any atom is 0.389 e. The highest BCUT2D eigenvalue weighted by Gasteiger charge is 2.35. The van der Waals surface area contributed by atoms with E-state index in [1.54, 1.807) is 12.1 Å². The number of anilines is 1. The van der Waals surface area contributed by atoms with Crippen LogP contribution >= 0.6 is 0 Å². The molecule has 3 heterocycles. The van der Waals surface area contributed by atoms with Crippen LogP contribution in [0.2, 0.25) is 0 Å². The van der Waals surface area contributed by atoms with E-state index in [1.807, 2.05) is 0 Å². The van der Waals surface area contributed by atoms with Crippen molar-refractivity contribution in [3.05, 3.63) is 29.6 Å². The van der Waals surface area contributed by atoms with Gasteiger partial charge in [-0.15, -0.1) is 0 Å². The molecule has 0 bridgehead atoms. The first-order valence-electron chi connectivity index (χ1n) is 6.53. The van der Waals surface area contributed by atoms with E-state index in [9.17, 15) is 18.0 Å². The van der Waals surface area contributed by atoms with Gasteiger partial charge in [0.1, 0.15) is 0 Å². The summed E-state index contributed by atoms with van der Waals surface area (Å²) in [6.45, 7) is 0. The third-order valence-corrected chi connectivity index (χ3v) is 3.41. The number of hydrogen-bond donors (Lipinski definition) is 3. The lowest BCUT2D eigenvalue weighted by molar-refractivity contribution is -0.136. The number of nitrogens with one attached hydrogen (secondary N) is 2. The van der Waals surface area contributed by atoms with Crippen molar-refractivity contribution in [3.8, 4) is 11.4 Å². The molecule has 0 saturated carbocycles. The topological polar surface area (TPSA) is 96.7 Å². The normalized spacial score (nSPS) is 17.4. The molecule has 0 aliphatic carbocycles. The average Bonchev–Trinajstić information content (AvgIpc) is 2.97. The Hall–Kier alpha value is -2.58. The molecule has 0 fully saturated rings. The van der Waals surface area contributed by atoms with Crippen LogP contribution in [0.25, 0.3) is 11.4 Å². The molecule has 1 aliphatic rings. The van der Waals surface area contributed by atoms with Crippen LogP contribution in [0.5, 0.6) is 0 Å². The van der Waals surface area contributed by atoms with Gasteiger partial charge in [-0.3, -0.25) is 4.79 Å². The second-order valence-corrected chi connectivity index (χ2v) is 4.99. The quantitative estimate of drug-likeness (QED) is 0.809. The standard InChI is InChI=1S/C13H12F3N5O/c14-13(15,16)3-1-8-10-6(11(22)20-8)5-9(19-10)7-2-4-18-12(17)21-7/h2,4-5,8,19H,1,3H2,(H,20,22)(H2,17,18,21). The zero-order valence-corrected chi connectivity index (χ0v) is 11.2. The van der Waals surface area contributed by atoms with Crippen LogP contribution in [0.15, 0.2) is 18.3 Å². The number of carbonyl (C=O) groups excluding carboxylic acids is 1. The number of nitrogens with zero attached hydrogens (tertiary/aromatic N) is 2. The number of alkyl halides is 3. The molecule has 2 aromatic heterocycles. The van der Waals surface area contributed by atoms with Crippen LogP contribution in [-0.4, -0.2) is 27.0 Å². The molecule has 3 rings (SSSR count). The van der Waals surface area contributed by atoms with Crippen molar-refractivity contribution in [2.75, 3.05) is 5.73 Å². The summed E-state index contributed by atoms with van der Waals surface area (Å²) in [7, 11) is 0. The van der Waals surface area contributed by atoms with Gasteiger partial charge < -0.3 is 16.0 Å². The fourth-order valence-electron chi connectivity index (χ4n) is 2.43. The predicted molar refractivity (Wildman–Crippen MR) is 71.7 cm³/mol. The number of nitrogens with two attached hydrogens (primary N) is 1. The Kier molecular flexibility index (Phi) is 3.27. The number of amides is 1. The predicted octanol–water partition coefficient (Wildman–Crippen LogP) is 2.18. The lowest BCUT2D eigenvalue weighted by atomic mass is 10.1. The molecule has 1 atom stereocenters. The van der Waals surface area contributed by atoms with Gasteiger partial charge >= 0.3 is 6.18 Å². The number of carbonyl (C=O) groups is 1. The summed E-state index contributed by atoms with van der Waals surface area (Å²) in [5.74, 6) is -0.322. The van der Waals surface area contributed by atoms with Gasteiger partial charge in [0, 0.05) is 12.6 Å². The first-order valence-corrected chi connectivity index (χ1v) is 6.53. The van der Waals surface area contributed by atoms with Gasteiger partial charge in [-0.1, -0.05) is 0 Å².